The van der Waals surface area contributed by atoms with Crippen molar-refractivity contribution in [2.75, 3.05) is 19.7 Å². The van der Waals surface area contributed by atoms with E-state index in [0.717, 1.165) is 29.9 Å². The number of amides is 2. The first-order chi connectivity index (χ1) is 12.1. The average molecular weight is 343 g/mol. The number of hydrogen-bond donors (Lipinski definition) is 1. The molecule has 0 bridgehead atoms. The summed E-state index contributed by atoms with van der Waals surface area (Å²) in [6, 6.07) is 10.3. The minimum atomic E-state index is -0.0620. The Morgan fingerprint density at radius 1 is 1.32 bits per heavy atom. The van der Waals surface area contributed by atoms with Gasteiger partial charge in [0.1, 0.15) is 5.76 Å². The summed E-state index contributed by atoms with van der Waals surface area (Å²) in [4.78, 5) is 14.3. The van der Waals surface area contributed by atoms with Gasteiger partial charge in [0.2, 0.25) is 0 Å². The third-order valence-electron chi connectivity index (χ3n) is 4.62. The van der Waals surface area contributed by atoms with Gasteiger partial charge in [-0.1, -0.05) is 35.5 Å². The number of aromatic nitrogens is 1. The first-order valence-electron chi connectivity index (χ1n) is 8.73. The van der Waals surface area contributed by atoms with Gasteiger partial charge in [0.15, 0.2) is 0 Å². The number of aryl methyl sites for hydroxylation is 3. The lowest BCUT2D eigenvalue weighted by Crippen LogP contribution is -2.49. The molecule has 0 radical (unpaired) electrons. The van der Waals surface area contributed by atoms with E-state index in [1.54, 1.807) is 0 Å². The molecule has 25 heavy (non-hydrogen) atoms. The molecule has 1 fully saturated rings. The van der Waals surface area contributed by atoms with Gasteiger partial charge in [0, 0.05) is 25.2 Å². The van der Waals surface area contributed by atoms with Crippen LogP contribution in [0.1, 0.15) is 29.0 Å². The SMILES string of the molecule is Cc1noc(C)c1CNC(=O)N1CCO[C@@H](CCc2ccccc2)C1. The molecule has 2 aromatic rings. The fraction of sp³-hybridized carbons (Fsp3) is 0.474. The monoisotopic (exact) mass is 343 g/mol. The van der Waals surface area contributed by atoms with E-state index in [2.05, 4.69) is 22.6 Å². The largest absolute Gasteiger partial charge is 0.375 e. The van der Waals surface area contributed by atoms with Crippen LogP contribution >= 0.6 is 0 Å². The maximum atomic E-state index is 12.4. The van der Waals surface area contributed by atoms with Crippen molar-refractivity contribution in [1.29, 1.82) is 0 Å². The smallest absolute Gasteiger partial charge is 0.317 e. The fourth-order valence-electron chi connectivity index (χ4n) is 3.08. The minimum absolute atomic E-state index is 0.0620. The van der Waals surface area contributed by atoms with E-state index >= 15 is 0 Å². The Bertz CT molecular complexity index is 680. The Kier molecular flexibility index (Phi) is 5.71. The maximum absolute atomic E-state index is 12.4. The molecular weight excluding hydrogens is 318 g/mol. The molecule has 2 heterocycles. The molecule has 1 aliphatic heterocycles. The number of nitrogens with one attached hydrogen (secondary N) is 1. The Labute approximate surface area is 148 Å². The molecule has 1 N–H and O–H groups in total. The van der Waals surface area contributed by atoms with Crippen LogP contribution in [-0.4, -0.2) is 41.9 Å². The topological polar surface area (TPSA) is 67.6 Å². The van der Waals surface area contributed by atoms with Crippen LogP contribution in [0.2, 0.25) is 0 Å². The summed E-state index contributed by atoms with van der Waals surface area (Å²) in [6.07, 6.45) is 1.95. The molecule has 1 aromatic carbocycles. The van der Waals surface area contributed by atoms with Gasteiger partial charge in [0.25, 0.3) is 0 Å². The summed E-state index contributed by atoms with van der Waals surface area (Å²) in [5.74, 6) is 0.750. The molecule has 134 valence electrons. The van der Waals surface area contributed by atoms with Gasteiger partial charge in [-0.15, -0.1) is 0 Å². The van der Waals surface area contributed by atoms with E-state index in [9.17, 15) is 4.79 Å². The van der Waals surface area contributed by atoms with Gasteiger partial charge in [-0.3, -0.25) is 0 Å². The Balaban J connectivity index is 1.48. The summed E-state index contributed by atoms with van der Waals surface area (Å²) in [5.41, 5.74) is 3.06. The van der Waals surface area contributed by atoms with E-state index < -0.39 is 0 Å². The van der Waals surface area contributed by atoms with Crippen LogP contribution in [0.4, 0.5) is 4.79 Å². The summed E-state index contributed by atoms with van der Waals surface area (Å²) in [7, 11) is 0. The average Bonchev–Trinajstić information content (AvgIpc) is 2.97. The van der Waals surface area contributed by atoms with Crippen molar-refractivity contribution >= 4 is 6.03 Å². The predicted octanol–water partition coefficient (Wildman–Crippen LogP) is 2.83. The van der Waals surface area contributed by atoms with E-state index in [0.29, 0.717) is 26.2 Å². The van der Waals surface area contributed by atoms with Gasteiger partial charge < -0.3 is 19.5 Å². The van der Waals surface area contributed by atoms with Gasteiger partial charge >= 0.3 is 6.03 Å². The molecule has 0 spiro atoms. The second-order valence-electron chi connectivity index (χ2n) is 6.42. The zero-order chi connectivity index (χ0) is 17.6. The molecule has 1 atom stereocenters. The van der Waals surface area contributed by atoms with E-state index in [1.807, 2.05) is 36.9 Å². The first-order valence-corrected chi connectivity index (χ1v) is 8.73. The van der Waals surface area contributed by atoms with Gasteiger partial charge in [-0.05, 0) is 32.3 Å². The molecule has 1 aromatic heterocycles. The quantitative estimate of drug-likeness (QED) is 0.906. The van der Waals surface area contributed by atoms with Crippen LogP contribution in [-0.2, 0) is 17.7 Å². The van der Waals surface area contributed by atoms with Gasteiger partial charge in [-0.2, -0.15) is 0 Å². The highest BCUT2D eigenvalue weighted by Gasteiger charge is 2.24. The number of hydrogen-bond acceptors (Lipinski definition) is 4. The third-order valence-corrected chi connectivity index (χ3v) is 4.62. The first kappa shape index (κ1) is 17.5. The number of carbonyl (C=O) groups excluding carboxylic acids is 1. The highest BCUT2D eigenvalue weighted by atomic mass is 16.5. The Morgan fingerprint density at radius 2 is 2.12 bits per heavy atom. The highest BCUT2D eigenvalue weighted by Crippen LogP contribution is 2.14. The van der Waals surface area contributed by atoms with Crippen molar-refractivity contribution in [1.82, 2.24) is 15.4 Å². The molecule has 1 aliphatic rings. The van der Waals surface area contributed by atoms with Crippen molar-refractivity contribution < 1.29 is 14.1 Å². The van der Waals surface area contributed by atoms with E-state index in [4.69, 9.17) is 9.26 Å². The number of nitrogens with zero attached hydrogens (tertiary/aromatic N) is 2. The van der Waals surface area contributed by atoms with Crippen LogP contribution in [0.3, 0.4) is 0 Å². The summed E-state index contributed by atoms with van der Waals surface area (Å²) >= 11 is 0. The van der Waals surface area contributed by atoms with Crippen LogP contribution in [0.25, 0.3) is 0 Å². The number of ether oxygens (including phenoxy) is 1. The number of carbonyl (C=O) groups is 1. The lowest BCUT2D eigenvalue weighted by atomic mass is 10.1. The van der Waals surface area contributed by atoms with Crippen LogP contribution in [0.15, 0.2) is 34.9 Å². The van der Waals surface area contributed by atoms with Crippen molar-refractivity contribution in [3.8, 4) is 0 Å². The van der Waals surface area contributed by atoms with Crippen molar-refractivity contribution in [2.45, 2.75) is 39.3 Å². The molecule has 6 nitrogen and oxygen atoms in total. The lowest BCUT2D eigenvalue weighted by molar-refractivity contribution is -0.0176. The van der Waals surface area contributed by atoms with Gasteiger partial charge in [0.05, 0.1) is 18.4 Å². The second kappa shape index (κ2) is 8.16. The van der Waals surface area contributed by atoms with E-state index in [-0.39, 0.29) is 12.1 Å². The molecule has 0 aliphatic carbocycles. The second-order valence-corrected chi connectivity index (χ2v) is 6.42. The van der Waals surface area contributed by atoms with Crippen molar-refractivity contribution in [3.05, 3.63) is 52.9 Å². The molecule has 0 unspecified atom stereocenters. The molecule has 3 rings (SSSR count). The van der Waals surface area contributed by atoms with Crippen LogP contribution in [0, 0.1) is 13.8 Å². The predicted molar refractivity (Wildman–Crippen MR) is 94.3 cm³/mol. The number of urea groups is 1. The standard InChI is InChI=1S/C19H25N3O3/c1-14-18(15(2)25-21-14)12-20-19(23)22-10-11-24-17(13-22)9-8-16-6-4-3-5-7-16/h3-7,17H,8-13H2,1-2H3,(H,20,23)/t17-/m0/s1. The van der Waals surface area contributed by atoms with Crippen LogP contribution < -0.4 is 5.32 Å². The van der Waals surface area contributed by atoms with Crippen LogP contribution in [0.5, 0.6) is 0 Å². The van der Waals surface area contributed by atoms with E-state index in [1.165, 1.54) is 5.56 Å². The number of rotatable bonds is 5. The highest BCUT2D eigenvalue weighted by molar-refractivity contribution is 5.74. The zero-order valence-electron chi connectivity index (χ0n) is 14.8. The van der Waals surface area contributed by atoms with Crippen molar-refractivity contribution in [3.63, 3.8) is 0 Å². The fourth-order valence-corrected chi connectivity index (χ4v) is 3.08. The molecule has 6 heteroatoms. The Morgan fingerprint density at radius 3 is 2.84 bits per heavy atom. The molecule has 0 saturated carbocycles. The number of morpholine rings is 1. The zero-order valence-corrected chi connectivity index (χ0v) is 14.8. The molecular formula is C19H25N3O3. The summed E-state index contributed by atoms with van der Waals surface area (Å²) in [5, 5.41) is 6.87. The minimum Gasteiger partial charge on any atom is -0.375 e. The number of benzene rings is 1. The van der Waals surface area contributed by atoms with Crippen molar-refractivity contribution in [2.24, 2.45) is 0 Å². The molecule has 1 saturated heterocycles. The molecule has 2 amide bonds. The van der Waals surface area contributed by atoms with Gasteiger partial charge in [-0.25, -0.2) is 4.79 Å². The summed E-state index contributed by atoms with van der Waals surface area (Å²) in [6.45, 7) is 6.00. The summed E-state index contributed by atoms with van der Waals surface area (Å²) < 4.78 is 11.0. The Hall–Kier alpha value is -2.34. The third kappa shape index (κ3) is 4.60. The normalized spacial score (nSPS) is 17.5. The maximum Gasteiger partial charge on any atom is 0.317 e. The lowest BCUT2D eigenvalue weighted by Gasteiger charge is -2.33.